The van der Waals surface area contributed by atoms with Crippen LogP contribution in [0.15, 0.2) is 18.3 Å². The van der Waals surface area contributed by atoms with Gasteiger partial charge in [0.1, 0.15) is 5.69 Å². The molecule has 0 spiro atoms. The normalized spacial score (nSPS) is 22.5. The number of hydrogen-bond donors (Lipinski definition) is 1. The van der Waals surface area contributed by atoms with Crippen molar-refractivity contribution in [3.05, 3.63) is 24.0 Å². The molecule has 0 bridgehead atoms. The van der Waals surface area contributed by atoms with Gasteiger partial charge in [0, 0.05) is 31.9 Å². The molecule has 1 saturated carbocycles. The third-order valence-corrected chi connectivity index (χ3v) is 5.19. The molecule has 1 saturated heterocycles. The molecular weight excluding hydrogens is 264 g/mol. The minimum absolute atomic E-state index is 0.355. The van der Waals surface area contributed by atoms with Gasteiger partial charge in [-0.3, -0.25) is 0 Å². The molecule has 0 amide bonds. The van der Waals surface area contributed by atoms with Gasteiger partial charge >= 0.3 is 5.97 Å². The van der Waals surface area contributed by atoms with E-state index in [1.165, 1.54) is 38.6 Å². The fourth-order valence-electron chi connectivity index (χ4n) is 4.01. The topological polar surface area (TPSA) is 45.5 Å². The highest BCUT2D eigenvalue weighted by molar-refractivity contribution is 5.85. The Morgan fingerprint density at radius 3 is 2.52 bits per heavy atom. The lowest BCUT2D eigenvalue weighted by Gasteiger charge is -2.36. The van der Waals surface area contributed by atoms with E-state index in [0.717, 1.165) is 31.8 Å². The average molecular weight is 290 g/mol. The fraction of sp³-hybridized carbons (Fsp3) is 0.706. The lowest BCUT2D eigenvalue weighted by atomic mass is 9.88. The molecule has 0 aromatic carbocycles. The Morgan fingerprint density at radius 2 is 1.86 bits per heavy atom. The van der Waals surface area contributed by atoms with Crippen LogP contribution in [0.3, 0.4) is 0 Å². The molecule has 4 heteroatoms. The predicted molar refractivity (Wildman–Crippen MR) is 82.7 cm³/mol. The summed E-state index contributed by atoms with van der Waals surface area (Å²) >= 11 is 0. The minimum Gasteiger partial charge on any atom is -0.477 e. The van der Waals surface area contributed by atoms with Gasteiger partial charge in [-0.15, -0.1) is 0 Å². The molecule has 1 N–H and O–H groups in total. The lowest BCUT2D eigenvalue weighted by molar-refractivity contribution is 0.0677. The monoisotopic (exact) mass is 290 g/mol. The molecular formula is C17H26N2O2. The summed E-state index contributed by atoms with van der Waals surface area (Å²) in [5, 5.41) is 9.22. The third kappa shape index (κ3) is 3.49. The van der Waals surface area contributed by atoms with Crippen LogP contribution in [0.1, 0.15) is 61.5 Å². The summed E-state index contributed by atoms with van der Waals surface area (Å²) in [7, 11) is 0. The summed E-state index contributed by atoms with van der Waals surface area (Å²) in [5.41, 5.74) is 0.431. The van der Waals surface area contributed by atoms with Crippen LogP contribution in [0.2, 0.25) is 0 Å². The first-order valence-electron chi connectivity index (χ1n) is 8.36. The second-order valence-electron chi connectivity index (χ2n) is 6.64. The van der Waals surface area contributed by atoms with E-state index in [2.05, 4.69) is 4.90 Å². The zero-order valence-corrected chi connectivity index (χ0v) is 12.7. The fourth-order valence-corrected chi connectivity index (χ4v) is 4.01. The van der Waals surface area contributed by atoms with Crippen LogP contribution in [0.25, 0.3) is 0 Å². The summed E-state index contributed by atoms with van der Waals surface area (Å²) in [4.78, 5) is 13.8. The molecule has 1 aliphatic heterocycles. The van der Waals surface area contributed by atoms with Crippen LogP contribution in [-0.2, 0) is 0 Å². The quantitative estimate of drug-likeness (QED) is 0.924. The summed E-state index contributed by atoms with van der Waals surface area (Å²) < 4.78 is 1.96. The predicted octanol–water partition coefficient (Wildman–Crippen LogP) is 3.40. The van der Waals surface area contributed by atoms with Crippen molar-refractivity contribution in [2.75, 3.05) is 19.6 Å². The van der Waals surface area contributed by atoms with Gasteiger partial charge in [-0.2, -0.15) is 0 Å². The molecule has 4 nitrogen and oxygen atoms in total. The Bertz CT molecular complexity index is 469. The maximum Gasteiger partial charge on any atom is 0.352 e. The van der Waals surface area contributed by atoms with Gasteiger partial charge in [0.05, 0.1) is 0 Å². The van der Waals surface area contributed by atoms with E-state index >= 15 is 0 Å². The molecule has 2 heterocycles. The summed E-state index contributed by atoms with van der Waals surface area (Å²) in [6.45, 7) is 3.47. The zero-order chi connectivity index (χ0) is 14.7. The number of carbonyl (C=O) groups is 1. The summed E-state index contributed by atoms with van der Waals surface area (Å²) in [5.74, 6) is 0.0843. The summed E-state index contributed by atoms with van der Waals surface area (Å²) in [6.07, 6.45) is 11.1. The number of hydrogen-bond acceptors (Lipinski definition) is 2. The number of carboxylic acids is 1. The molecule has 2 fully saturated rings. The minimum atomic E-state index is -0.815. The molecule has 3 rings (SSSR count). The van der Waals surface area contributed by atoms with Crippen LogP contribution in [-0.4, -0.2) is 40.2 Å². The van der Waals surface area contributed by atoms with Crippen LogP contribution >= 0.6 is 0 Å². The highest BCUT2D eigenvalue weighted by atomic mass is 16.4. The Kier molecular flexibility index (Phi) is 4.63. The molecule has 21 heavy (non-hydrogen) atoms. The van der Waals surface area contributed by atoms with Crippen molar-refractivity contribution in [2.45, 2.75) is 51.0 Å². The molecule has 0 atom stereocenters. The highest BCUT2D eigenvalue weighted by Gasteiger charge is 2.25. The summed E-state index contributed by atoms with van der Waals surface area (Å²) in [6, 6.07) is 3.91. The van der Waals surface area contributed by atoms with E-state index in [1.54, 1.807) is 6.07 Å². The van der Waals surface area contributed by atoms with E-state index in [0.29, 0.717) is 11.7 Å². The van der Waals surface area contributed by atoms with Gasteiger partial charge in [0.2, 0.25) is 0 Å². The molecule has 1 aliphatic carbocycles. The Labute approximate surface area is 126 Å². The Hall–Kier alpha value is -1.29. The first kappa shape index (κ1) is 14.6. The first-order valence-corrected chi connectivity index (χ1v) is 8.36. The van der Waals surface area contributed by atoms with Gasteiger partial charge in [-0.1, -0.05) is 19.3 Å². The SMILES string of the molecule is O=C(O)c1cccn1C1CCN(CC2CCCCC2)CC1. The number of likely N-dealkylation sites (tertiary alicyclic amines) is 1. The van der Waals surface area contributed by atoms with Crippen molar-refractivity contribution in [1.29, 1.82) is 0 Å². The smallest absolute Gasteiger partial charge is 0.352 e. The molecule has 1 aromatic rings. The average Bonchev–Trinajstić information content (AvgIpc) is 2.99. The van der Waals surface area contributed by atoms with Crippen LogP contribution in [0.5, 0.6) is 0 Å². The van der Waals surface area contributed by atoms with Crippen molar-refractivity contribution < 1.29 is 9.90 Å². The highest BCUT2D eigenvalue weighted by Crippen LogP contribution is 2.28. The van der Waals surface area contributed by atoms with Crippen LogP contribution < -0.4 is 0 Å². The van der Waals surface area contributed by atoms with Gasteiger partial charge < -0.3 is 14.6 Å². The van der Waals surface area contributed by atoms with E-state index < -0.39 is 5.97 Å². The van der Waals surface area contributed by atoms with Crippen LogP contribution in [0.4, 0.5) is 0 Å². The van der Waals surface area contributed by atoms with E-state index in [9.17, 15) is 9.90 Å². The van der Waals surface area contributed by atoms with E-state index in [-0.39, 0.29) is 0 Å². The second kappa shape index (κ2) is 6.65. The van der Waals surface area contributed by atoms with Crippen LogP contribution in [0, 0.1) is 5.92 Å². The Morgan fingerprint density at radius 1 is 1.14 bits per heavy atom. The van der Waals surface area contributed by atoms with Crippen molar-refractivity contribution in [1.82, 2.24) is 9.47 Å². The lowest BCUT2D eigenvalue weighted by Crippen LogP contribution is -2.38. The van der Waals surface area contributed by atoms with Gasteiger partial charge in [-0.05, 0) is 43.7 Å². The molecule has 116 valence electrons. The van der Waals surface area contributed by atoms with Crippen molar-refractivity contribution in [2.24, 2.45) is 5.92 Å². The molecule has 0 unspecified atom stereocenters. The zero-order valence-electron chi connectivity index (χ0n) is 12.7. The standard InChI is InChI=1S/C17H26N2O2/c20-17(21)16-7-4-10-19(16)15-8-11-18(12-9-15)13-14-5-2-1-3-6-14/h4,7,10,14-15H,1-3,5-6,8-9,11-13H2,(H,20,21). The van der Waals surface area contributed by atoms with Gasteiger partial charge in [0.25, 0.3) is 0 Å². The Balaban J connectivity index is 1.52. The van der Waals surface area contributed by atoms with Crippen molar-refractivity contribution in [3.8, 4) is 0 Å². The number of carboxylic acid groups (broad SMARTS) is 1. The maximum atomic E-state index is 11.2. The second-order valence-corrected chi connectivity index (χ2v) is 6.64. The number of aromatic nitrogens is 1. The number of rotatable bonds is 4. The molecule has 0 radical (unpaired) electrons. The largest absolute Gasteiger partial charge is 0.477 e. The van der Waals surface area contributed by atoms with Crippen molar-refractivity contribution >= 4 is 5.97 Å². The first-order chi connectivity index (χ1) is 10.2. The maximum absolute atomic E-state index is 11.2. The number of piperidine rings is 1. The third-order valence-electron chi connectivity index (χ3n) is 5.19. The van der Waals surface area contributed by atoms with Gasteiger partial charge in [0.15, 0.2) is 0 Å². The molecule has 1 aromatic heterocycles. The van der Waals surface area contributed by atoms with E-state index in [4.69, 9.17) is 0 Å². The van der Waals surface area contributed by atoms with Crippen molar-refractivity contribution in [3.63, 3.8) is 0 Å². The van der Waals surface area contributed by atoms with Gasteiger partial charge in [-0.25, -0.2) is 4.79 Å². The number of aromatic carboxylic acids is 1. The molecule has 2 aliphatic rings. The number of nitrogens with zero attached hydrogens (tertiary/aromatic N) is 2. The van der Waals surface area contributed by atoms with E-state index in [1.807, 2.05) is 16.8 Å².